The van der Waals surface area contributed by atoms with Gasteiger partial charge in [-0.1, -0.05) is 82.3 Å². The van der Waals surface area contributed by atoms with Gasteiger partial charge < -0.3 is 41.5 Å². The third-order valence-electron chi connectivity index (χ3n) is 10.9. The van der Waals surface area contributed by atoms with E-state index in [0.29, 0.717) is 64.2 Å². The molecule has 0 bridgehead atoms. The number of carbonyl (C=O) groups is 1. The Morgan fingerprint density at radius 1 is 0.920 bits per heavy atom. The number of benzene rings is 2. The average Bonchev–Trinajstić information content (AvgIpc) is 3.12. The number of aliphatic hydroxyl groups is 6. The van der Waals surface area contributed by atoms with E-state index in [9.17, 15) is 40.5 Å². The van der Waals surface area contributed by atoms with Gasteiger partial charge in [0.15, 0.2) is 6.10 Å². The molecule has 4 rings (SSSR count). The molecule has 1 heterocycles. The van der Waals surface area contributed by atoms with Crippen molar-refractivity contribution in [3.05, 3.63) is 82.9 Å². The summed E-state index contributed by atoms with van der Waals surface area (Å²) in [6.45, 7) is 0.166. The number of fused-ring (bicyclic) bond motifs is 1. The zero-order valence-corrected chi connectivity index (χ0v) is 30.5. The summed E-state index contributed by atoms with van der Waals surface area (Å²) < 4.78 is 0. The van der Waals surface area contributed by atoms with E-state index < -0.39 is 42.2 Å². The van der Waals surface area contributed by atoms with E-state index in [-0.39, 0.29) is 37.0 Å². The second-order valence-electron chi connectivity index (χ2n) is 14.3. The van der Waals surface area contributed by atoms with Crippen LogP contribution in [0.2, 0.25) is 0 Å². The lowest BCUT2D eigenvalue weighted by Gasteiger charge is -2.36. The number of carboxylic acid groups (broad SMARTS) is 1. The Labute approximate surface area is 304 Å². The third-order valence-corrected chi connectivity index (χ3v) is 13.3. The minimum atomic E-state index is -1.65. The molecule has 0 radical (unpaired) electrons. The predicted molar refractivity (Wildman–Crippen MR) is 200 cm³/mol. The Kier molecular flexibility index (Phi) is 17.1. The van der Waals surface area contributed by atoms with Gasteiger partial charge >= 0.3 is 5.97 Å². The van der Waals surface area contributed by atoms with E-state index in [0.717, 1.165) is 33.8 Å². The van der Waals surface area contributed by atoms with E-state index in [4.69, 9.17) is 5.73 Å². The van der Waals surface area contributed by atoms with Crippen LogP contribution >= 0.6 is 21.6 Å². The molecule has 2 aromatic carbocycles. The van der Waals surface area contributed by atoms with Crippen LogP contribution < -0.4 is 5.73 Å². The fourth-order valence-corrected chi connectivity index (χ4v) is 10.5. The molecular formula is C39H57NO8S2. The summed E-state index contributed by atoms with van der Waals surface area (Å²) in [6.07, 6.45) is 3.94. The molecular weight excluding hydrogens is 675 g/mol. The van der Waals surface area contributed by atoms with Crippen LogP contribution in [-0.2, 0) is 30.0 Å². The van der Waals surface area contributed by atoms with Gasteiger partial charge in [0.25, 0.3) is 0 Å². The number of carboxylic acids is 1. The van der Waals surface area contributed by atoms with E-state index in [1.807, 2.05) is 48.5 Å². The van der Waals surface area contributed by atoms with Crippen LogP contribution in [0.3, 0.4) is 0 Å². The fourth-order valence-electron chi connectivity index (χ4n) is 7.89. The summed E-state index contributed by atoms with van der Waals surface area (Å²) in [7, 11) is 3.55. The largest absolute Gasteiger partial charge is 0.479 e. The van der Waals surface area contributed by atoms with Crippen LogP contribution in [-0.4, -0.2) is 84.5 Å². The molecule has 1 saturated carbocycles. The van der Waals surface area contributed by atoms with Crippen LogP contribution in [0, 0.1) is 29.6 Å². The van der Waals surface area contributed by atoms with Crippen molar-refractivity contribution in [1.82, 2.24) is 0 Å². The Morgan fingerprint density at radius 2 is 1.64 bits per heavy atom. The molecule has 0 aromatic heterocycles. The maximum atomic E-state index is 12.2. The highest BCUT2D eigenvalue weighted by Crippen LogP contribution is 2.39. The van der Waals surface area contributed by atoms with Crippen LogP contribution in [0.25, 0.3) is 0 Å². The average molecular weight is 732 g/mol. The first-order valence-corrected chi connectivity index (χ1v) is 20.6. The first-order valence-electron chi connectivity index (χ1n) is 18.1. The molecule has 2 aromatic rings. The van der Waals surface area contributed by atoms with Gasteiger partial charge in [0.2, 0.25) is 0 Å². The van der Waals surface area contributed by atoms with Gasteiger partial charge in [0.1, 0.15) is 0 Å². The minimum Gasteiger partial charge on any atom is -0.479 e. The molecule has 1 aliphatic carbocycles. The monoisotopic (exact) mass is 731 g/mol. The summed E-state index contributed by atoms with van der Waals surface area (Å²) >= 11 is 0. The second-order valence-corrected chi connectivity index (χ2v) is 16.8. The lowest BCUT2D eigenvalue weighted by atomic mass is 9.73. The molecule has 0 spiro atoms. The van der Waals surface area contributed by atoms with Crippen LogP contribution in [0.5, 0.6) is 0 Å². The Morgan fingerprint density at radius 3 is 2.34 bits per heavy atom. The Bertz CT molecular complexity index is 1340. The van der Waals surface area contributed by atoms with Gasteiger partial charge in [-0.2, -0.15) is 0 Å². The van der Waals surface area contributed by atoms with Crippen molar-refractivity contribution in [2.24, 2.45) is 35.3 Å². The number of hydrogen-bond donors (Lipinski definition) is 8. The van der Waals surface area contributed by atoms with Gasteiger partial charge in [-0.15, -0.1) is 0 Å². The summed E-state index contributed by atoms with van der Waals surface area (Å²) in [6, 6.07) is 16.0. The van der Waals surface area contributed by atoms with Crippen molar-refractivity contribution in [2.75, 3.05) is 12.3 Å². The molecule has 2 aliphatic rings. The maximum absolute atomic E-state index is 12.2. The van der Waals surface area contributed by atoms with Gasteiger partial charge in [-0.05, 0) is 117 Å². The molecule has 9 N–H and O–H groups in total. The van der Waals surface area contributed by atoms with Gasteiger partial charge in [-0.3, -0.25) is 0 Å². The number of rotatable bonds is 12. The van der Waals surface area contributed by atoms with Gasteiger partial charge in [-0.25, -0.2) is 4.79 Å². The summed E-state index contributed by atoms with van der Waals surface area (Å²) in [5, 5.41) is 74.5. The summed E-state index contributed by atoms with van der Waals surface area (Å²) in [4.78, 5) is 12.2. The molecule has 0 unspecified atom stereocenters. The molecule has 50 heavy (non-hydrogen) atoms. The van der Waals surface area contributed by atoms with E-state index in [2.05, 4.69) is 6.07 Å². The van der Waals surface area contributed by atoms with Crippen molar-refractivity contribution in [2.45, 2.75) is 107 Å². The fraction of sp³-hybridized carbons (Fsp3) is 0.615. The van der Waals surface area contributed by atoms with Crippen molar-refractivity contribution < 1.29 is 40.5 Å². The van der Waals surface area contributed by atoms with E-state index in [1.165, 1.54) is 0 Å². The molecule has 1 fully saturated rings. The first-order chi connectivity index (χ1) is 24.1. The standard InChI is InChI=1S/C39H57NO8S2/c40-18-17-33-34(38(46)39(47)48)16-13-27-7-1-2-8-30(27)23-49-50-24-31(20-25-5-3-6-26(19-25)22-41)29(21-36(33)44)9-4-10-35(43)37(45)28-11-14-32(42)15-12-28/h1-8,10,19,28-29,31-38,41-46H,9,11-18,20-24,40H2,(H,47,48)/b10-4-/t28?,29-,31+,32?,33+,34+,35+,36+,37-,38-/m1/s1. The highest BCUT2D eigenvalue weighted by Gasteiger charge is 2.38. The van der Waals surface area contributed by atoms with E-state index >= 15 is 0 Å². The number of aryl methyl sites for hydroxylation is 1. The third kappa shape index (κ3) is 12.1. The Hall–Kier alpha value is -1.93. The molecule has 9 nitrogen and oxygen atoms in total. The SMILES string of the molecule is NCC[C@H]1[C@@H]([C@@H](O)C(=O)O)CCc2ccccc2CSSC[C@H](Cc2cccc(CO)c2)[C@H](C/C=C\[C@H](O)[C@H](O)C2CCC(O)CC2)C[C@@H]1O. The topological polar surface area (TPSA) is 185 Å². The lowest BCUT2D eigenvalue weighted by molar-refractivity contribution is -0.152. The van der Waals surface area contributed by atoms with Crippen molar-refractivity contribution in [1.29, 1.82) is 0 Å². The zero-order chi connectivity index (χ0) is 36.0. The predicted octanol–water partition coefficient (Wildman–Crippen LogP) is 4.48. The molecule has 1 aliphatic heterocycles. The summed E-state index contributed by atoms with van der Waals surface area (Å²) in [5.41, 5.74) is 10.2. The van der Waals surface area contributed by atoms with E-state index in [1.54, 1.807) is 27.7 Å². The molecule has 8 atom stereocenters. The van der Waals surface area contributed by atoms with Crippen molar-refractivity contribution in [3.8, 4) is 0 Å². The van der Waals surface area contributed by atoms with Crippen molar-refractivity contribution >= 4 is 27.6 Å². The lowest BCUT2D eigenvalue weighted by Crippen LogP contribution is -2.42. The van der Waals surface area contributed by atoms with Gasteiger partial charge in [0.05, 0.1) is 31.0 Å². The zero-order valence-electron chi connectivity index (χ0n) is 28.9. The maximum Gasteiger partial charge on any atom is 0.332 e. The highest BCUT2D eigenvalue weighted by atomic mass is 33.1. The van der Waals surface area contributed by atoms with Crippen LogP contribution in [0.1, 0.15) is 73.6 Å². The molecule has 0 amide bonds. The minimum absolute atomic E-state index is 0.0576. The molecule has 278 valence electrons. The highest BCUT2D eigenvalue weighted by molar-refractivity contribution is 8.76. The number of allylic oxidation sites excluding steroid dienone is 1. The number of nitrogens with two attached hydrogens (primary N) is 1. The van der Waals surface area contributed by atoms with Gasteiger partial charge in [0, 0.05) is 17.4 Å². The molecule has 11 heteroatoms. The normalized spacial score (nSPS) is 29.1. The first kappa shape index (κ1) is 40.8. The van der Waals surface area contributed by atoms with Crippen LogP contribution in [0.4, 0.5) is 0 Å². The van der Waals surface area contributed by atoms with Crippen molar-refractivity contribution in [3.63, 3.8) is 0 Å². The number of hydrogen-bond acceptors (Lipinski definition) is 10. The molecule has 0 saturated heterocycles. The van der Waals surface area contributed by atoms with Crippen LogP contribution in [0.15, 0.2) is 60.7 Å². The smallest absolute Gasteiger partial charge is 0.332 e. The summed E-state index contributed by atoms with van der Waals surface area (Å²) in [5.74, 6) is -1.18. The second kappa shape index (κ2) is 20.9. The number of aliphatic carboxylic acids is 1. The Balaban J connectivity index is 1.66. The number of aliphatic hydroxyl groups excluding tert-OH is 6. The quantitative estimate of drug-likeness (QED) is 0.114.